The zero-order valence-corrected chi connectivity index (χ0v) is 17.6. The number of unbranched alkanes of at least 4 members (excludes halogenated alkanes) is 1. The Morgan fingerprint density at radius 3 is 2.23 bits per heavy atom. The maximum Gasteiger partial charge on any atom is 0.261 e. The number of hydrogen-bond donors (Lipinski definition) is 0. The molecule has 2 aromatic carbocycles. The lowest BCUT2D eigenvalue weighted by molar-refractivity contribution is 0.0652. The summed E-state index contributed by atoms with van der Waals surface area (Å²) in [7, 11) is 0. The Morgan fingerprint density at radius 1 is 0.935 bits per heavy atom. The summed E-state index contributed by atoms with van der Waals surface area (Å²) in [6.45, 7) is 4.62. The Morgan fingerprint density at radius 2 is 1.58 bits per heavy atom. The highest BCUT2D eigenvalue weighted by Gasteiger charge is 2.34. The molecule has 8 heteroatoms. The molecule has 158 valence electrons. The zero-order chi connectivity index (χ0) is 21.8. The minimum absolute atomic E-state index is 0.228. The molecule has 0 bridgehead atoms. The van der Waals surface area contributed by atoms with Crippen molar-refractivity contribution in [2.45, 2.75) is 24.5 Å². The molecule has 1 aliphatic rings. The van der Waals surface area contributed by atoms with Gasteiger partial charge >= 0.3 is 0 Å². The number of benzene rings is 2. The standard InChI is InChI=1S/C23H21FN4O2S/c1-2-13-27-20(18-11-5-6-12-19(18)24)25-26-23(27)31-15-8-7-14-28-21(29)16-9-3-4-10-17(16)22(28)30/h2-6,9-12H,1,7-8,13-15H2. The number of fused-ring (bicyclic) bond motifs is 1. The minimum Gasteiger partial charge on any atom is -0.298 e. The van der Waals surface area contributed by atoms with Crippen molar-refractivity contribution in [3.8, 4) is 11.4 Å². The van der Waals surface area contributed by atoms with Gasteiger partial charge in [-0.3, -0.25) is 19.1 Å². The summed E-state index contributed by atoms with van der Waals surface area (Å²) in [4.78, 5) is 26.1. The molecule has 2 amide bonds. The largest absolute Gasteiger partial charge is 0.298 e. The van der Waals surface area contributed by atoms with Crippen LogP contribution in [0.25, 0.3) is 11.4 Å². The van der Waals surface area contributed by atoms with Crippen LogP contribution in [0.5, 0.6) is 0 Å². The fourth-order valence-electron chi connectivity index (χ4n) is 3.51. The maximum absolute atomic E-state index is 14.2. The van der Waals surface area contributed by atoms with E-state index in [4.69, 9.17) is 0 Å². The molecular weight excluding hydrogens is 415 g/mol. The first kappa shape index (κ1) is 21.0. The van der Waals surface area contributed by atoms with E-state index >= 15 is 0 Å². The van der Waals surface area contributed by atoms with E-state index < -0.39 is 0 Å². The van der Waals surface area contributed by atoms with Gasteiger partial charge < -0.3 is 0 Å². The molecule has 0 saturated heterocycles. The lowest BCUT2D eigenvalue weighted by Gasteiger charge is -2.13. The van der Waals surface area contributed by atoms with Crippen molar-refractivity contribution in [1.82, 2.24) is 19.7 Å². The molecule has 4 rings (SSSR count). The maximum atomic E-state index is 14.2. The van der Waals surface area contributed by atoms with Crippen LogP contribution in [0.3, 0.4) is 0 Å². The van der Waals surface area contributed by atoms with Gasteiger partial charge in [-0.25, -0.2) is 4.39 Å². The topological polar surface area (TPSA) is 68.1 Å². The van der Waals surface area contributed by atoms with Gasteiger partial charge in [0.1, 0.15) is 5.82 Å². The second kappa shape index (κ2) is 9.26. The number of nitrogens with zero attached hydrogens (tertiary/aromatic N) is 4. The van der Waals surface area contributed by atoms with Crippen LogP contribution in [-0.4, -0.2) is 43.8 Å². The molecule has 0 saturated carbocycles. The summed E-state index contributed by atoms with van der Waals surface area (Å²) in [6, 6.07) is 13.4. The van der Waals surface area contributed by atoms with Crippen LogP contribution in [0.1, 0.15) is 33.6 Å². The van der Waals surface area contributed by atoms with Crippen LogP contribution in [0.2, 0.25) is 0 Å². The Labute approximate surface area is 183 Å². The number of allylic oxidation sites excluding steroid dienone is 1. The normalized spacial score (nSPS) is 13.0. The van der Waals surface area contributed by atoms with Gasteiger partial charge in [0.05, 0.1) is 16.7 Å². The summed E-state index contributed by atoms with van der Waals surface area (Å²) in [5.41, 5.74) is 1.34. The second-order valence-electron chi connectivity index (χ2n) is 7.05. The second-order valence-corrected chi connectivity index (χ2v) is 8.11. The number of thioether (sulfide) groups is 1. The summed E-state index contributed by atoms with van der Waals surface area (Å²) in [6.07, 6.45) is 3.20. The first-order valence-electron chi connectivity index (χ1n) is 9.99. The smallest absolute Gasteiger partial charge is 0.261 e. The van der Waals surface area contributed by atoms with Crippen LogP contribution in [0, 0.1) is 5.82 Å². The van der Waals surface area contributed by atoms with Crippen LogP contribution in [-0.2, 0) is 6.54 Å². The number of imide groups is 1. The predicted octanol–water partition coefficient (Wildman–Crippen LogP) is 4.44. The molecule has 6 nitrogen and oxygen atoms in total. The van der Waals surface area contributed by atoms with Crippen LogP contribution in [0.15, 0.2) is 66.3 Å². The highest BCUT2D eigenvalue weighted by molar-refractivity contribution is 7.99. The van der Waals surface area contributed by atoms with Crippen molar-refractivity contribution < 1.29 is 14.0 Å². The minimum atomic E-state index is -0.349. The predicted molar refractivity (Wildman–Crippen MR) is 117 cm³/mol. The molecule has 0 fully saturated rings. The number of carbonyl (C=O) groups excluding carboxylic acids is 2. The van der Waals surface area contributed by atoms with Crippen molar-refractivity contribution in [1.29, 1.82) is 0 Å². The van der Waals surface area contributed by atoms with Crippen LogP contribution < -0.4 is 0 Å². The Hall–Kier alpha value is -3.26. The molecule has 3 aromatic rings. The molecule has 0 radical (unpaired) electrons. The third kappa shape index (κ3) is 4.16. The highest BCUT2D eigenvalue weighted by atomic mass is 32.2. The van der Waals surface area contributed by atoms with E-state index in [2.05, 4.69) is 16.8 Å². The molecule has 0 N–H and O–H groups in total. The van der Waals surface area contributed by atoms with Crippen LogP contribution in [0.4, 0.5) is 4.39 Å². The third-order valence-electron chi connectivity index (χ3n) is 5.03. The molecule has 31 heavy (non-hydrogen) atoms. The fraction of sp³-hybridized carbons (Fsp3) is 0.217. The number of amides is 2. The number of hydrogen-bond acceptors (Lipinski definition) is 5. The van der Waals surface area contributed by atoms with E-state index in [1.165, 1.54) is 22.7 Å². The third-order valence-corrected chi connectivity index (χ3v) is 6.08. The summed E-state index contributed by atoms with van der Waals surface area (Å²) in [5.74, 6) is 0.390. The molecule has 1 aromatic heterocycles. The van der Waals surface area contributed by atoms with Gasteiger partial charge in [0.2, 0.25) is 0 Å². The van der Waals surface area contributed by atoms with Gasteiger partial charge in [-0.05, 0) is 37.1 Å². The highest BCUT2D eigenvalue weighted by Crippen LogP contribution is 2.27. The lowest BCUT2D eigenvalue weighted by Crippen LogP contribution is -2.30. The summed E-state index contributed by atoms with van der Waals surface area (Å²) >= 11 is 1.51. The molecule has 1 aliphatic heterocycles. The van der Waals surface area contributed by atoms with E-state index in [1.54, 1.807) is 48.5 Å². The lowest BCUT2D eigenvalue weighted by atomic mass is 10.1. The molecule has 0 aliphatic carbocycles. The molecule has 0 unspecified atom stereocenters. The number of halogens is 1. The molecule has 0 spiro atoms. The van der Waals surface area contributed by atoms with Crippen molar-refractivity contribution in [2.75, 3.05) is 12.3 Å². The monoisotopic (exact) mass is 436 g/mol. The van der Waals surface area contributed by atoms with Gasteiger partial charge in [-0.15, -0.1) is 16.8 Å². The fourth-order valence-corrected chi connectivity index (χ4v) is 4.46. The number of rotatable bonds is 9. The first-order valence-corrected chi connectivity index (χ1v) is 11.0. The van der Waals surface area contributed by atoms with E-state index in [1.807, 2.05) is 4.57 Å². The van der Waals surface area contributed by atoms with Crippen molar-refractivity contribution in [2.24, 2.45) is 0 Å². The van der Waals surface area contributed by atoms with Gasteiger partial charge in [0, 0.05) is 18.8 Å². The molecule has 2 heterocycles. The van der Waals surface area contributed by atoms with E-state index in [0.29, 0.717) is 47.2 Å². The summed E-state index contributed by atoms with van der Waals surface area (Å²) in [5, 5.41) is 9.08. The average molecular weight is 437 g/mol. The summed E-state index contributed by atoms with van der Waals surface area (Å²) < 4.78 is 16.0. The van der Waals surface area contributed by atoms with E-state index in [-0.39, 0.29) is 17.6 Å². The SMILES string of the molecule is C=CCn1c(SCCCCN2C(=O)c3ccccc3C2=O)nnc1-c1ccccc1F. The molecular formula is C23H21FN4O2S. The van der Waals surface area contributed by atoms with Crippen LogP contribution >= 0.6 is 11.8 Å². The van der Waals surface area contributed by atoms with Gasteiger partial charge in [-0.2, -0.15) is 0 Å². The number of carbonyl (C=O) groups is 2. The van der Waals surface area contributed by atoms with E-state index in [0.717, 1.165) is 12.2 Å². The van der Waals surface area contributed by atoms with Crippen molar-refractivity contribution >= 4 is 23.6 Å². The van der Waals surface area contributed by atoms with Crippen molar-refractivity contribution in [3.63, 3.8) is 0 Å². The van der Waals surface area contributed by atoms with Gasteiger partial charge in [0.15, 0.2) is 11.0 Å². The Bertz CT molecular complexity index is 1110. The van der Waals surface area contributed by atoms with Crippen molar-refractivity contribution in [3.05, 3.63) is 78.1 Å². The number of aromatic nitrogens is 3. The van der Waals surface area contributed by atoms with E-state index in [9.17, 15) is 14.0 Å². The Balaban J connectivity index is 1.35. The quantitative estimate of drug-likeness (QED) is 0.215. The van der Waals surface area contributed by atoms with Gasteiger partial charge in [-0.1, -0.05) is 42.1 Å². The zero-order valence-electron chi connectivity index (χ0n) is 16.8. The molecule has 0 atom stereocenters. The van der Waals surface area contributed by atoms with Gasteiger partial charge in [0.25, 0.3) is 11.8 Å². The average Bonchev–Trinajstić information content (AvgIpc) is 3.28. The first-order chi connectivity index (χ1) is 15.1. The Kier molecular flexibility index (Phi) is 6.27.